The van der Waals surface area contributed by atoms with Crippen molar-refractivity contribution in [2.24, 2.45) is 0 Å². The van der Waals surface area contributed by atoms with Crippen molar-refractivity contribution in [3.05, 3.63) is 69.9 Å². The van der Waals surface area contributed by atoms with Crippen LogP contribution in [0, 0.1) is 0 Å². The highest BCUT2D eigenvalue weighted by atomic mass is 35.5. The molecule has 0 radical (unpaired) electrons. The van der Waals surface area contributed by atoms with E-state index in [1.165, 1.54) is 12.8 Å². The summed E-state index contributed by atoms with van der Waals surface area (Å²) in [7, 11) is 0. The van der Waals surface area contributed by atoms with E-state index in [0.717, 1.165) is 38.7 Å². The standard InChI is InChI=1S/C21H18ClN5OS2/c22-15-1-5-18(6-2-15)28-11-19-24-16(12-29-19)13-30-21-26-25-20(27(21)17-3-4-17)14-7-9-23-10-8-14/h1-2,5-10,12,17H,3-4,11,13H2. The maximum atomic E-state index is 5.91. The van der Waals surface area contributed by atoms with Crippen LogP contribution in [-0.4, -0.2) is 24.7 Å². The van der Waals surface area contributed by atoms with E-state index in [0.29, 0.717) is 17.7 Å². The molecule has 3 aromatic heterocycles. The van der Waals surface area contributed by atoms with Crippen LogP contribution in [0.15, 0.2) is 59.3 Å². The highest BCUT2D eigenvalue weighted by molar-refractivity contribution is 7.98. The van der Waals surface area contributed by atoms with Crippen LogP contribution in [0.1, 0.15) is 29.6 Å². The molecule has 3 heterocycles. The lowest BCUT2D eigenvalue weighted by molar-refractivity contribution is 0.305. The molecule has 0 atom stereocenters. The maximum Gasteiger partial charge on any atom is 0.192 e. The summed E-state index contributed by atoms with van der Waals surface area (Å²) in [6.07, 6.45) is 5.92. The summed E-state index contributed by atoms with van der Waals surface area (Å²) in [5.41, 5.74) is 2.07. The molecule has 0 amide bonds. The molecule has 6 nitrogen and oxygen atoms in total. The third-order valence-electron chi connectivity index (χ3n) is 4.64. The minimum Gasteiger partial charge on any atom is -0.486 e. The zero-order valence-corrected chi connectivity index (χ0v) is 18.3. The van der Waals surface area contributed by atoms with E-state index in [4.69, 9.17) is 21.3 Å². The van der Waals surface area contributed by atoms with Crippen molar-refractivity contribution in [1.29, 1.82) is 0 Å². The second-order valence-electron chi connectivity index (χ2n) is 6.91. The highest BCUT2D eigenvalue weighted by Gasteiger charge is 2.30. The lowest BCUT2D eigenvalue weighted by atomic mass is 10.2. The van der Waals surface area contributed by atoms with Gasteiger partial charge in [0.1, 0.15) is 17.4 Å². The van der Waals surface area contributed by atoms with Gasteiger partial charge >= 0.3 is 0 Å². The van der Waals surface area contributed by atoms with Gasteiger partial charge in [-0.15, -0.1) is 21.5 Å². The van der Waals surface area contributed by atoms with E-state index in [2.05, 4.69) is 25.1 Å². The number of thioether (sulfide) groups is 1. The van der Waals surface area contributed by atoms with E-state index < -0.39 is 0 Å². The number of halogens is 1. The van der Waals surface area contributed by atoms with Crippen LogP contribution in [-0.2, 0) is 12.4 Å². The number of hydrogen-bond donors (Lipinski definition) is 0. The number of hydrogen-bond acceptors (Lipinski definition) is 7. The summed E-state index contributed by atoms with van der Waals surface area (Å²) < 4.78 is 8.05. The van der Waals surface area contributed by atoms with E-state index in [1.54, 1.807) is 35.5 Å². The normalized spacial score (nSPS) is 13.5. The summed E-state index contributed by atoms with van der Waals surface area (Å²) in [6.45, 7) is 0.446. The number of ether oxygens (including phenoxy) is 1. The van der Waals surface area contributed by atoms with Crippen LogP contribution in [0.5, 0.6) is 5.75 Å². The van der Waals surface area contributed by atoms with Crippen molar-refractivity contribution in [2.75, 3.05) is 0 Å². The molecule has 30 heavy (non-hydrogen) atoms. The van der Waals surface area contributed by atoms with Gasteiger partial charge in [0.15, 0.2) is 11.0 Å². The molecule has 1 saturated carbocycles. The summed E-state index contributed by atoms with van der Waals surface area (Å²) in [5.74, 6) is 2.45. The molecule has 0 saturated heterocycles. The molecule has 0 unspecified atom stereocenters. The van der Waals surface area contributed by atoms with Crippen molar-refractivity contribution in [3.8, 4) is 17.1 Å². The van der Waals surface area contributed by atoms with E-state index in [1.807, 2.05) is 36.4 Å². The largest absolute Gasteiger partial charge is 0.486 e. The average molecular weight is 456 g/mol. The van der Waals surface area contributed by atoms with E-state index in [-0.39, 0.29) is 0 Å². The SMILES string of the molecule is Clc1ccc(OCc2nc(CSc3nnc(-c4ccncc4)n3C3CC3)cs2)cc1. The third kappa shape index (κ3) is 4.50. The molecule has 4 aromatic rings. The first-order valence-corrected chi connectivity index (χ1v) is 11.8. The molecule has 5 rings (SSSR count). The Hall–Kier alpha value is -2.42. The zero-order valence-electron chi connectivity index (χ0n) is 15.9. The third-order valence-corrected chi connectivity index (χ3v) is 6.74. The molecule has 9 heteroatoms. The Morgan fingerprint density at radius 3 is 2.67 bits per heavy atom. The smallest absolute Gasteiger partial charge is 0.192 e. The van der Waals surface area contributed by atoms with Crippen LogP contribution in [0.3, 0.4) is 0 Å². The fourth-order valence-electron chi connectivity index (χ4n) is 3.03. The Bertz CT molecular complexity index is 1130. The molecule has 0 N–H and O–H groups in total. The number of pyridine rings is 1. The van der Waals surface area contributed by atoms with Crippen molar-refractivity contribution < 1.29 is 4.74 Å². The first kappa shape index (κ1) is 19.5. The van der Waals surface area contributed by atoms with Gasteiger partial charge in [-0.3, -0.25) is 9.55 Å². The molecule has 0 bridgehead atoms. The minimum absolute atomic E-state index is 0.446. The highest BCUT2D eigenvalue weighted by Crippen LogP contribution is 2.41. The molecule has 1 fully saturated rings. The van der Waals surface area contributed by atoms with Gasteiger partial charge in [0.25, 0.3) is 0 Å². The monoisotopic (exact) mass is 455 g/mol. The topological polar surface area (TPSA) is 65.7 Å². The van der Waals surface area contributed by atoms with Crippen LogP contribution in [0.4, 0.5) is 0 Å². The lowest BCUT2D eigenvalue weighted by Gasteiger charge is -2.08. The van der Waals surface area contributed by atoms with Crippen LogP contribution in [0.2, 0.25) is 5.02 Å². The van der Waals surface area contributed by atoms with E-state index in [9.17, 15) is 0 Å². The second-order valence-corrected chi connectivity index (χ2v) is 9.23. The first-order valence-electron chi connectivity index (χ1n) is 9.56. The molecular weight excluding hydrogens is 438 g/mol. The predicted molar refractivity (Wildman–Crippen MR) is 119 cm³/mol. The van der Waals surface area contributed by atoms with Gasteiger partial charge in [0.2, 0.25) is 0 Å². The van der Waals surface area contributed by atoms with Gasteiger partial charge < -0.3 is 4.74 Å². The van der Waals surface area contributed by atoms with Crippen LogP contribution < -0.4 is 4.74 Å². The number of aromatic nitrogens is 5. The van der Waals surface area contributed by atoms with Crippen molar-refractivity contribution in [3.63, 3.8) is 0 Å². The number of nitrogens with zero attached hydrogens (tertiary/aromatic N) is 5. The lowest BCUT2D eigenvalue weighted by Crippen LogP contribution is -2.00. The molecule has 1 aromatic carbocycles. The molecule has 152 valence electrons. The number of thiazole rings is 1. The van der Waals surface area contributed by atoms with Gasteiger partial charge in [0.05, 0.1) is 5.69 Å². The Kier molecular flexibility index (Phi) is 5.70. The van der Waals surface area contributed by atoms with Crippen LogP contribution in [0.25, 0.3) is 11.4 Å². The summed E-state index contributed by atoms with van der Waals surface area (Å²) in [6, 6.07) is 11.8. The Balaban J connectivity index is 1.24. The zero-order chi connectivity index (χ0) is 20.3. The fourth-order valence-corrected chi connectivity index (χ4v) is 4.87. The quantitative estimate of drug-likeness (QED) is 0.319. The van der Waals surface area contributed by atoms with E-state index >= 15 is 0 Å². The van der Waals surface area contributed by atoms with Crippen molar-refractivity contribution in [1.82, 2.24) is 24.7 Å². The molecule has 1 aliphatic carbocycles. The molecule has 0 spiro atoms. The van der Waals surface area contributed by atoms with Gasteiger partial charge in [0, 0.05) is 40.2 Å². The fraction of sp³-hybridized carbons (Fsp3) is 0.238. The van der Waals surface area contributed by atoms with Crippen molar-refractivity contribution in [2.45, 2.75) is 36.4 Å². The minimum atomic E-state index is 0.446. The molecular formula is C21H18ClN5OS2. The predicted octanol–water partition coefficient (Wildman–Crippen LogP) is 5.66. The van der Waals surface area contributed by atoms with Gasteiger partial charge in [-0.05, 0) is 49.2 Å². The van der Waals surface area contributed by atoms with Gasteiger partial charge in [-0.25, -0.2) is 4.98 Å². The van der Waals surface area contributed by atoms with Gasteiger partial charge in [-0.2, -0.15) is 0 Å². The summed E-state index contributed by atoms with van der Waals surface area (Å²) >= 11 is 9.19. The van der Waals surface area contributed by atoms with Crippen molar-refractivity contribution >= 4 is 34.7 Å². The average Bonchev–Trinajstić information content (AvgIpc) is 3.36. The molecule has 0 aliphatic heterocycles. The summed E-state index contributed by atoms with van der Waals surface area (Å²) in [5, 5.41) is 13.6. The maximum absolute atomic E-state index is 5.91. The van der Waals surface area contributed by atoms with Gasteiger partial charge in [-0.1, -0.05) is 23.4 Å². The van der Waals surface area contributed by atoms with Crippen LogP contribution >= 0.6 is 34.7 Å². The number of rotatable bonds is 8. The number of benzene rings is 1. The summed E-state index contributed by atoms with van der Waals surface area (Å²) in [4.78, 5) is 8.79. The Morgan fingerprint density at radius 1 is 1.10 bits per heavy atom. The molecule has 1 aliphatic rings. The second kappa shape index (κ2) is 8.75. The first-order chi connectivity index (χ1) is 14.8. The Morgan fingerprint density at radius 2 is 1.90 bits per heavy atom. The Labute approximate surface area is 187 Å².